The minimum atomic E-state index is -5.61. The predicted molar refractivity (Wildman–Crippen MR) is 59.5 cm³/mol. The normalized spacial score (nSPS) is 12.5. The van der Waals surface area contributed by atoms with Crippen LogP contribution in [0.2, 0.25) is 0 Å². The molecule has 17 heavy (non-hydrogen) atoms. The molecule has 1 aromatic carbocycles. The summed E-state index contributed by atoms with van der Waals surface area (Å²) in [6.45, 7) is 0. The van der Waals surface area contributed by atoms with Crippen molar-refractivity contribution in [1.29, 1.82) is 0 Å². The molecule has 0 heterocycles. The van der Waals surface area contributed by atoms with Crippen molar-refractivity contribution >= 4 is 26.0 Å². The second-order valence-corrected chi connectivity index (χ2v) is 5.36. The quantitative estimate of drug-likeness (QED) is 0.483. The summed E-state index contributed by atoms with van der Waals surface area (Å²) in [5, 5.41) is 0.486. The molecular weight excluding hydrogens is 325 g/mol. The Kier molecular flexibility index (Phi) is 4.42. The second-order valence-electron chi connectivity index (χ2n) is 3.03. The van der Waals surface area contributed by atoms with Gasteiger partial charge in [0.1, 0.15) is 5.75 Å². The molecule has 96 valence electrons. The van der Waals surface area contributed by atoms with Crippen molar-refractivity contribution in [2.45, 2.75) is 11.9 Å². The fraction of sp³-hybridized carbons (Fsp3) is 0.333. The first kappa shape index (κ1) is 14.3. The SMILES string of the molecule is O=S(=O)(Oc1ccccc1CCBr)C(F)(F)F. The van der Waals surface area contributed by atoms with Crippen LogP contribution in [-0.4, -0.2) is 19.3 Å². The highest BCUT2D eigenvalue weighted by Crippen LogP contribution is 2.29. The summed E-state index contributed by atoms with van der Waals surface area (Å²) in [6, 6.07) is 5.67. The number of hydrogen-bond acceptors (Lipinski definition) is 3. The van der Waals surface area contributed by atoms with Gasteiger partial charge in [-0.15, -0.1) is 0 Å². The summed E-state index contributed by atoms with van der Waals surface area (Å²) in [4.78, 5) is 0. The number of benzene rings is 1. The lowest BCUT2D eigenvalue weighted by Gasteiger charge is -2.12. The van der Waals surface area contributed by atoms with Crippen LogP contribution in [0, 0.1) is 0 Å². The van der Waals surface area contributed by atoms with Crippen molar-refractivity contribution in [3.05, 3.63) is 29.8 Å². The summed E-state index contributed by atoms with van der Waals surface area (Å²) in [5.74, 6) is -0.302. The number of rotatable bonds is 4. The zero-order valence-corrected chi connectivity index (χ0v) is 10.8. The zero-order chi connectivity index (χ0) is 13.1. The highest BCUT2D eigenvalue weighted by atomic mass is 79.9. The van der Waals surface area contributed by atoms with Crippen LogP contribution in [0.3, 0.4) is 0 Å². The van der Waals surface area contributed by atoms with E-state index in [1.54, 1.807) is 6.07 Å². The second kappa shape index (κ2) is 5.26. The summed E-state index contributed by atoms with van der Waals surface area (Å²) < 4.78 is 62.1. The fourth-order valence-electron chi connectivity index (χ4n) is 1.06. The van der Waals surface area contributed by atoms with Gasteiger partial charge < -0.3 is 4.18 Å². The molecule has 0 atom stereocenters. The molecule has 0 aliphatic heterocycles. The molecule has 0 saturated carbocycles. The van der Waals surface area contributed by atoms with Crippen LogP contribution >= 0.6 is 15.9 Å². The lowest BCUT2D eigenvalue weighted by Crippen LogP contribution is -2.28. The van der Waals surface area contributed by atoms with Crippen LogP contribution in [0.5, 0.6) is 5.75 Å². The molecule has 1 rings (SSSR count). The monoisotopic (exact) mass is 332 g/mol. The lowest BCUT2D eigenvalue weighted by atomic mass is 10.1. The number of halogens is 4. The van der Waals surface area contributed by atoms with Crippen LogP contribution in [0.25, 0.3) is 0 Å². The molecule has 0 saturated heterocycles. The minimum absolute atomic E-state index is 0.302. The van der Waals surface area contributed by atoms with E-state index in [0.717, 1.165) is 0 Å². The van der Waals surface area contributed by atoms with Gasteiger partial charge >= 0.3 is 15.6 Å². The van der Waals surface area contributed by atoms with E-state index in [1.807, 2.05) is 0 Å². The molecule has 0 bridgehead atoms. The molecule has 0 N–H and O–H groups in total. The third-order valence-electron chi connectivity index (χ3n) is 1.82. The highest BCUT2D eigenvalue weighted by Gasteiger charge is 2.48. The molecule has 0 unspecified atom stereocenters. The first-order chi connectivity index (χ1) is 7.78. The van der Waals surface area contributed by atoms with Gasteiger partial charge in [0.05, 0.1) is 0 Å². The number of aryl methyl sites for hydroxylation is 1. The van der Waals surface area contributed by atoms with Gasteiger partial charge in [-0.1, -0.05) is 34.1 Å². The average molecular weight is 333 g/mol. The van der Waals surface area contributed by atoms with Gasteiger partial charge in [-0.25, -0.2) is 0 Å². The first-order valence-electron chi connectivity index (χ1n) is 4.42. The summed E-state index contributed by atoms with van der Waals surface area (Å²) in [6.07, 6.45) is 0.365. The van der Waals surface area contributed by atoms with Gasteiger partial charge in [0.25, 0.3) is 0 Å². The third kappa shape index (κ3) is 3.60. The first-order valence-corrected chi connectivity index (χ1v) is 6.95. The van der Waals surface area contributed by atoms with Crippen LogP contribution < -0.4 is 4.18 Å². The van der Waals surface area contributed by atoms with Crippen LogP contribution in [0.1, 0.15) is 5.56 Å². The Labute approximate surface area is 105 Å². The van der Waals surface area contributed by atoms with E-state index in [1.165, 1.54) is 18.2 Å². The van der Waals surface area contributed by atoms with E-state index in [4.69, 9.17) is 0 Å². The fourth-order valence-corrected chi connectivity index (χ4v) is 1.98. The molecule has 0 aliphatic rings. The van der Waals surface area contributed by atoms with E-state index < -0.39 is 15.6 Å². The molecule has 0 radical (unpaired) electrons. The van der Waals surface area contributed by atoms with Crippen molar-refractivity contribution in [3.63, 3.8) is 0 Å². The molecule has 3 nitrogen and oxygen atoms in total. The van der Waals surface area contributed by atoms with Gasteiger partial charge in [-0.3, -0.25) is 0 Å². The van der Waals surface area contributed by atoms with Gasteiger partial charge in [-0.05, 0) is 18.1 Å². The zero-order valence-electron chi connectivity index (χ0n) is 8.37. The third-order valence-corrected chi connectivity index (χ3v) is 3.18. The van der Waals surface area contributed by atoms with Gasteiger partial charge in [0.15, 0.2) is 0 Å². The molecule has 0 amide bonds. The maximum absolute atomic E-state index is 12.1. The largest absolute Gasteiger partial charge is 0.534 e. The van der Waals surface area contributed by atoms with Gasteiger partial charge in [0, 0.05) is 5.33 Å². The van der Waals surface area contributed by atoms with E-state index in [2.05, 4.69) is 20.1 Å². The highest BCUT2D eigenvalue weighted by molar-refractivity contribution is 9.09. The maximum Gasteiger partial charge on any atom is 0.534 e. The minimum Gasteiger partial charge on any atom is -0.376 e. The van der Waals surface area contributed by atoms with Crippen molar-refractivity contribution in [2.75, 3.05) is 5.33 Å². The Morgan fingerprint density at radius 2 is 1.82 bits per heavy atom. The lowest BCUT2D eigenvalue weighted by molar-refractivity contribution is -0.0500. The predicted octanol–water partition coefficient (Wildman–Crippen LogP) is 2.85. The molecule has 1 aromatic rings. The van der Waals surface area contributed by atoms with Crippen LogP contribution in [-0.2, 0) is 16.5 Å². The summed E-state index contributed by atoms with van der Waals surface area (Å²) in [7, 11) is -5.61. The average Bonchev–Trinajstić information content (AvgIpc) is 2.19. The Hall–Kier alpha value is -0.760. The van der Waals surface area contributed by atoms with Gasteiger partial charge in [0.2, 0.25) is 0 Å². The number of hydrogen-bond donors (Lipinski definition) is 0. The standard InChI is InChI=1S/C9H8BrF3O3S/c10-6-5-7-3-1-2-4-8(7)16-17(14,15)9(11,12)13/h1-4H,5-6H2. The number of alkyl halides is 4. The smallest absolute Gasteiger partial charge is 0.376 e. The molecule has 0 aromatic heterocycles. The van der Waals surface area contributed by atoms with Crippen molar-refractivity contribution in [1.82, 2.24) is 0 Å². The Morgan fingerprint density at radius 1 is 1.24 bits per heavy atom. The van der Waals surface area contributed by atoms with Crippen molar-refractivity contribution in [2.24, 2.45) is 0 Å². The Morgan fingerprint density at radius 3 is 2.35 bits per heavy atom. The van der Waals surface area contributed by atoms with Crippen molar-refractivity contribution < 1.29 is 25.8 Å². The summed E-state index contributed by atoms with van der Waals surface area (Å²) >= 11 is 3.11. The molecular formula is C9H8BrF3O3S. The molecule has 0 fully saturated rings. The van der Waals surface area contributed by atoms with E-state index >= 15 is 0 Å². The van der Waals surface area contributed by atoms with Gasteiger partial charge in [-0.2, -0.15) is 21.6 Å². The molecule has 0 spiro atoms. The molecule has 0 aliphatic carbocycles. The number of para-hydroxylation sites is 1. The van der Waals surface area contributed by atoms with E-state index in [-0.39, 0.29) is 5.75 Å². The van der Waals surface area contributed by atoms with Crippen LogP contribution in [0.15, 0.2) is 24.3 Å². The van der Waals surface area contributed by atoms with Crippen LogP contribution in [0.4, 0.5) is 13.2 Å². The topological polar surface area (TPSA) is 43.4 Å². The maximum atomic E-state index is 12.1. The van der Waals surface area contributed by atoms with E-state index in [9.17, 15) is 21.6 Å². The van der Waals surface area contributed by atoms with E-state index in [0.29, 0.717) is 17.3 Å². The Bertz CT molecular complexity index is 485. The Balaban J connectivity index is 3.04. The molecule has 8 heteroatoms. The summed E-state index contributed by atoms with van der Waals surface area (Å²) in [5.41, 5.74) is -5.04. The van der Waals surface area contributed by atoms with Crippen molar-refractivity contribution in [3.8, 4) is 5.75 Å².